The molecule has 3 N–H and O–H groups in total. The fourth-order valence-corrected chi connectivity index (χ4v) is 0.633. The molecular formula is C6H9F3N2. The van der Waals surface area contributed by atoms with Crippen molar-refractivity contribution in [3.63, 3.8) is 0 Å². The first-order valence-electron chi connectivity index (χ1n) is 2.89. The van der Waals surface area contributed by atoms with Crippen molar-refractivity contribution in [2.75, 3.05) is 0 Å². The molecule has 0 atom stereocenters. The van der Waals surface area contributed by atoms with Crippen LogP contribution in [0.4, 0.5) is 13.2 Å². The Hall–Kier alpha value is -1.00. The van der Waals surface area contributed by atoms with Crippen LogP contribution in [-0.2, 0) is 0 Å². The van der Waals surface area contributed by atoms with Gasteiger partial charge in [-0.15, -0.1) is 0 Å². The molecule has 0 aliphatic heterocycles. The molecule has 0 bridgehead atoms. The van der Waals surface area contributed by atoms with Crippen LogP contribution in [-0.4, -0.2) is 12.0 Å². The zero-order valence-electron chi connectivity index (χ0n) is 6.00. The Bertz CT molecular complexity index is 181. The van der Waals surface area contributed by atoms with Gasteiger partial charge in [0.2, 0.25) is 0 Å². The van der Waals surface area contributed by atoms with Crippen LogP contribution in [0.25, 0.3) is 0 Å². The van der Waals surface area contributed by atoms with E-state index < -0.39 is 12.6 Å². The molecule has 0 amide bonds. The monoisotopic (exact) mass is 166 g/mol. The Kier molecular flexibility index (Phi) is 3.10. The summed E-state index contributed by atoms with van der Waals surface area (Å²) in [5, 5.41) is 6.67. The molecule has 0 fully saturated rings. The van der Waals surface area contributed by atoms with E-state index in [-0.39, 0.29) is 11.4 Å². The lowest BCUT2D eigenvalue weighted by atomic mass is 10.2. The SMILES string of the molecule is C/C(=C/C(=N)N)CC(F)(F)F. The maximum absolute atomic E-state index is 11.6. The lowest BCUT2D eigenvalue weighted by Crippen LogP contribution is -2.10. The van der Waals surface area contributed by atoms with E-state index in [1.165, 1.54) is 6.92 Å². The Morgan fingerprint density at radius 3 is 2.27 bits per heavy atom. The highest BCUT2D eigenvalue weighted by molar-refractivity contribution is 5.89. The normalized spacial score (nSPS) is 13.3. The molecule has 2 nitrogen and oxygen atoms in total. The number of hydrogen-bond donors (Lipinski definition) is 2. The second-order valence-electron chi connectivity index (χ2n) is 2.24. The molecule has 0 aromatic carbocycles. The second kappa shape index (κ2) is 3.41. The standard InChI is InChI=1S/C6H9F3N2/c1-4(2-5(10)11)3-6(7,8)9/h2H,3H2,1H3,(H3,10,11)/b4-2-. The number of alkyl halides is 3. The first-order valence-corrected chi connectivity index (χ1v) is 2.89. The van der Waals surface area contributed by atoms with Gasteiger partial charge in [-0.05, 0) is 13.0 Å². The van der Waals surface area contributed by atoms with Crippen LogP contribution in [0.3, 0.4) is 0 Å². The van der Waals surface area contributed by atoms with Gasteiger partial charge in [-0.25, -0.2) is 0 Å². The van der Waals surface area contributed by atoms with E-state index in [1.54, 1.807) is 0 Å². The molecule has 0 rings (SSSR count). The van der Waals surface area contributed by atoms with Crippen molar-refractivity contribution < 1.29 is 13.2 Å². The number of amidine groups is 1. The van der Waals surface area contributed by atoms with E-state index >= 15 is 0 Å². The topological polar surface area (TPSA) is 49.9 Å². The summed E-state index contributed by atoms with van der Waals surface area (Å²) in [4.78, 5) is 0. The average molecular weight is 166 g/mol. The number of halogens is 3. The van der Waals surface area contributed by atoms with Crippen molar-refractivity contribution in [1.29, 1.82) is 5.41 Å². The smallest absolute Gasteiger partial charge is 0.384 e. The van der Waals surface area contributed by atoms with Crippen molar-refractivity contribution in [2.24, 2.45) is 5.73 Å². The van der Waals surface area contributed by atoms with Gasteiger partial charge in [-0.3, -0.25) is 5.41 Å². The van der Waals surface area contributed by atoms with E-state index in [9.17, 15) is 13.2 Å². The molecular weight excluding hydrogens is 157 g/mol. The third-order valence-corrected chi connectivity index (χ3v) is 0.881. The van der Waals surface area contributed by atoms with E-state index in [1.807, 2.05) is 0 Å². The summed E-state index contributed by atoms with van der Waals surface area (Å²) in [6, 6.07) is 0. The largest absolute Gasteiger partial charge is 0.392 e. The zero-order chi connectivity index (χ0) is 9.07. The Balaban J connectivity index is 4.07. The minimum absolute atomic E-state index is 0.0463. The number of nitrogens with two attached hydrogens (primary N) is 1. The van der Waals surface area contributed by atoms with Crippen LogP contribution in [0.15, 0.2) is 11.6 Å². The molecule has 0 radical (unpaired) electrons. The van der Waals surface area contributed by atoms with Gasteiger partial charge >= 0.3 is 6.18 Å². The molecule has 5 heteroatoms. The fourth-order valence-electron chi connectivity index (χ4n) is 0.633. The predicted molar refractivity (Wildman–Crippen MR) is 36.3 cm³/mol. The third-order valence-electron chi connectivity index (χ3n) is 0.881. The maximum atomic E-state index is 11.6. The summed E-state index contributed by atoms with van der Waals surface area (Å²) < 4.78 is 34.8. The first-order chi connectivity index (χ1) is 4.81. The molecule has 0 aliphatic carbocycles. The second-order valence-corrected chi connectivity index (χ2v) is 2.24. The summed E-state index contributed by atoms with van der Waals surface area (Å²) in [6.07, 6.45) is -4.23. The minimum Gasteiger partial charge on any atom is -0.384 e. The van der Waals surface area contributed by atoms with Gasteiger partial charge in [0.05, 0.1) is 6.42 Å². The van der Waals surface area contributed by atoms with Gasteiger partial charge in [0.25, 0.3) is 0 Å². The molecule has 0 aromatic heterocycles. The van der Waals surface area contributed by atoms with Crippen LogP contribution < -0.4 is 5.73 Å². The highest BCUT2D eigenvalue weighted by atomic mass is 19.4. The average Bonchev–Trinajstić information content (AvgIpc) is 1.53. The van der Waals surface area contributed by atoms with Crippen LogP contribution in [0, 0.1) is 5.41 Å². The van der Waals surface area contributed by atoms with E-state index in [0.717, 1.165) is 6.08 Å². The number of hydrogen-bond acceptors (Lipinski definition) is 1. The van der Waals surface area contributed by atoms with Crippen LogP contribution >= 0.6 is 0 Å². The molecule has 0 unspecified atom stereocenters. The van der Waals surface area contributed by atoms with Crippen molar-refractivity contribution in [3.05, 3.63) is 11.6 Å². The number of allylic oxidation sites excluding steroid dienone is 1. The van der Waals surface area contributed by atoms with Gasteiger partial charge in [0, 0.05) is 0 Å². The van der Waals surface area contributed by atoms with Gasteiger partial charge in [-0.1, -0.05) is 5.57 Å². The summed E-state index contributed by atoms with van der Waals surface area (Å²) in [7, 11) is 0. The van der Waals surface area contributed by atoms with Gasteiger partial charge in [-0.2, -0.15) is 13.2 Å². The number of nitrogens with one attached hydrogen (secondary N) is 1. The molecule has 0 aromatic rings. The van der Waals surface area contributed by atoms with E-state index in [2.05, 4.69) is 0 Å². The zero-order valence-corrected chi connectivity index (χ0v) is 6.00. The Labute approximate surface area is 62.4 Å². The first kappa shape index (κ1) is 10.0. The molecule has 0 saturated carbocycles. The number of rotatable bonds is 2. The summed E-state index contributed by atoms with van der Waals surface area (Å²) in [5.74, 6) is -0.355. The Morgan fingerprint density at radius 1 is 1.55 bits per heavy atom. The summed E-state index contributed by atoms with van der Waals surface area (Å²) in [5.41, 5.74) is 4.90. The van der Waals surface area contributed by atoms with Crippen LogP contribution in [0.5, 0.6) is 0 Å². The highest BCUT2D eigenvalue weighted by Gasteiger charge is 2.27. The van der Waals surface area contributed by atoms with Crippen molar-refractivity contribution in [2.45, 2.75) is 19.5 Å². The maximum Gasteiger partial charge on any atom is 0.392 e. The lowest BCUT2D eigenvalue weighted by Gasteiger charge is -2.05. The summed E-state index contributed by atoms with van der Waals surface area (Å²) >= 11 is 0. The minimum atomic E-state index is -4.21. The molecule has 0 heterocycles. The van der Waals surface area contributed by atoms with Gasteiger partial charge < -0.3 is 5.73 Å². The van der Waals surface area contributed by atoms with Crippen LogP contribution in [0.1, 0.15) is 13.3 Å². The summed E-state index contributed by atoms with van der Waals surface area (Å²) in [6.45, 7) is 1.29. The quantitative estimate of drug-likeness (QED) is 0.477. The third kappa shape index (κ3) is 6.89. The van der Waals surface area contributed by atoms with Gasteiger partial charge in [0.15, 0.2) is 0 Å². The molecule has 0 saturated heterocycles. The molecule has 11 heavy (non-hydrogen) atoms. The highest BCUT2D eigenvalue weighted by Crippen LogP contribution is 2.23. The molecule has 0 aliphatic rings. The predicted octanol–water partition coefficient (Wildman–Crippen LogP) is 1.82. The Morgan fingerprint density at radius 2 is 2.00 bits per heavy atom. The van der Waals surface area contributed by atoms with Crippen molar-refractivity contribution >= 4 is 5.84 Å². The fraction of sp³-hybridized carbons (Fsp3) is 0.500. The van der Waals surface area contributed by atoms with E-state index in [4.69, 9.17) is 11.1 Å². The van der Waals surface area contributed by atoms with Gasteiger partial charge in [0.1, 0.15) is 5.84 Å². The van der Waals surface area contributed by atoms with Crippen molar-refractivity contribution in [1.82, 2.24) is 0 Å². The molecule has 0 spiro atoms. The van der Waals surface area contributed by atoms with Crippen LogP contribution in [0.2, 0.25) is 0 Å². The van der Waals surface area contributed by atoms with E-state index in [0.29, 0.717) is 0 Å². The molecule has 64 valence electrons. The van der Waals surface area contributed by atoms with Crippen molar-refractivity contribution in [3.8, 4) is 0 Å². The lowest BCUT2D eigenvalue weighted by molar-refractivity contribution is -0.126.